The monoisotopic (exact) mass is 318 g/mol. The summed E-state index contributed by atoms with van der Waals surface area (Å²) in [5, 5.41) is 17.8. The lowest BCUT2D eigenvalue weighted by Gasteiger charge is -2.05. The van der Waals surface area contributed by atoms with Crippen LogP contribution in [0.3, 0.4) is 0 Å². The molecule has 3 N–H and O–H groups in total. The van der Waals surface area contributed by atoms with Crippen LogP contribution in [-0.2, 0) is 18.4 Å². The minimum Gasteiger partial charge on any atom is -0.481 e. The Kier molecular flexibility index (Phi) is 5.63. The lowest BCUT2D eigenvalue weighted by atomic mass is 10.3. The third kappa shape index (κ3) is 5.17. The SMILES string of the molecule is Cn1cc(Br)c(CNC(=O)NCCCC(=O)O)n1. The molecule has 8 heteroatoms. The standard InChI is InChI=1S/C10H15BrN4O3/c1-15-6-7(11)8(14-15)5-13-10(18)12-4-2-3-9(16)17/h6H,2-5H2,1H3,(H,16,17)(H2,12,13,18). The molecule has 1 heterocycles. The Morgan fingerprint density at radius 2 is 2.22 bits per heavy atom. The van der Waals surface area contributed by atoms with Gasteiger partial charge in [0.05, 0.1) is 16.7 Å². The number of aromatic nitrogens is 2. The minimum atomic E-state index is -0.866. The number of aliphatic carboxylic acids is 1. The molecule has 0 radical (unpaired) electrons. The van der Waals surface area contributed by atoms with Gasteiger partial charge in [0, 0.05) is 26.2 Å². The molecule has 0 bridgehead atoms. The Morgan fingerprint density at radius 3 is 2.78 bits per heavy atom. The Morgan fingerprint density at radius 1 is 1.50 bits per heavy atom. The summed E-state index contributed by atoms with van der Waals surface area (Å²) in [5.41, 5.74) is 0.734. The van der Waals surface area contributed by atoms with Gasteiger partial charge in [0.25, 0.3) is 0 Å². The van der Waals surface area contributed by atoms with Crippen LogP contribution in [0.25, 0.3) is 0 Å². The van der Waals surface area contributed by atoms with Gasteiger partial charge in [0.15, 0.2) is 0 Å². The highest BCUT2D eigenvalue weighted by Gasteiger charge is 2.06. The first-order valence-corrected chi connectivity index (χ1v) is 6.20. The summed E-state index contributed by atoms with van der Waals surface area (Å²) in [6.45, 7) is 0.647. The van der Waals surface area contributed by atoms with E-state index in [-0.39, 0.29) is 12.5 Å². The average Bonchev–Trinajstić information content (AvgIpc) is 2.60. The predicted molar refractivity (Wildman–Crippen MR) is 68.0 cm³/mol. The van der Waals surface area contributed by atoms with Crippen molar-refractivity contribution in [2.75, 3.05) is 6.54 Å². The maximum Gasteiger partial charge on any atom is 0.315 e. The van der Waals surface area contributed by atoms with Gasteiger partial charge in [-0.05, 0) is 22.4 Å². The first kappa shape index (κ1) is 14.5. The number of carbonyl (C=O) groups is 2. The molecule has 0 atom stereocenters. The number of aryl methyl sites for hydroxylation is 1. The molecule has 0 saturated carbocycles. The molecule has 0 aliphatic heterocycles. The molecular formula is C10H15BrN4O3. The van der Waals surface area contributed by atoms with Crippen molar-refractivity contribution in [2.24, 2.45) is 7.05 Å². The van der Waals surface area contributed by atoms with Crippen molar-refractivity contribution in [3.8, 4) is 0 Å². The van der Waals surface area contributed by atoms with E-state index in [1.54, 1.807) is 17.9 Å². The van der Waals surface area contributed by atoms with Crippen LogP contribution >= 0.6 is 15.9 Å². The van der Waals surface area contributed by atoms with E-state index in [0.717, 1.165) is 10.2 Å². The Hall–Kier alpha value is -1.57. The van der Waals surface area contributed by atoms with Crippen LogP contribution in [-0.4, -0.2) is 33.4 Å². The summed E-state index contributed by atoms with van der Waals surface area (Å²) in [5.74, 6) is -0.866. The number of carbonyl (C=O) groups excluding carboxylic acids is 1. The summed E-state index contributed by atoms with van der Waals surface area (Å²) in [6, 6.07) is -0.335. The molecule has 0 unspecified atom stereocenters. The normalized spacial score (nSPS) is 10.1. The molecule has 0 spiro atoms. The quantitative estimate of drug-likeness (QED) is 0.677. The molecule has 0 aliphatic rings. The predicted octanol–water partition coefficient (Wildman–Crippen LogP) is 0.847. The van der Waals surface area contributed by atoms with Crippen molar-refractivity contribution in [1.29, 1.82) is 0 Å². The number of carboxylic acid groups (broad SMARTS) is 1. The fourth-order valence-electron chi connectivity index (χ4n) is 1.29. The van der Waals surface area contributed by atoms with Crippen LogP contribution in [0.5, 0.6) is 0 Å². The van der Waals surface area contributed by atoms with Gasteiger partial charge < -0.3 is 15.7 Å². The van der Waals surface area contributed by atoms with Gasteiger partial charge in [-0.3, -0.25) is 9.48 Å². The summed E-state index contributed by atoms with van der Waals surface area (Å²) in [7, 11) is 1.79. The molecule has 7 nitrogen and oxygen atoms in total. The van der Waals surface area contributed by atoms with Gasteiger partial charge in [-0.2, -0.15) is 5.10 Å². The molecule has 0 aliphatic carbocycles. The first-order chi connectivity index (χ1) is 8.49. The highest BCUT2D eigenvalue weighted by molar-refractivity contribution is 9.10. The third-order valence-corrected chi connectivity index (χ3v) is 2.79. The van der Waals surface area contributed by atoms with E-state index >= 15 is 0 Å². The molecule has 1 aromatic rings. The van der Waals surface area contributed by atoms with Crippen molar-refractivity contribution in [2.45, 2.75) is 19.4 Å². The Labute approximate surface area is 113 Å². The van der Waals surface area contributed by atoms with E-state index in [9.17, 15) is 9.59 Å². The highest BCUT2D eigenvalue weighted by atomic mass is 79.9. The molecule has 0 aromatic carbocycles. The smallest absolute Gasteiger partial charge is 0.315 e. The van der Waals surface area contributed by atoms with Gasteiger partial charge in [-0.15, -0.1) is 0 Å². The summed E-state index contributed by atoms with van der Waals surface area (Å²) < 4.78 is 2.47. The molecule has 1 aromatic heterocycles. The van der Waals surface area contributed by atoms with Crippen LogP contribution in [0.1, 0.15) is 18.5 Å². The van der Waals surface area contributed by atoms with E-state index in [0.29, 0.717) is 19.5 Å². The number of urea groups is 1. The number of amides is 2. The number of nitrogens with zero attached hydrogens (tertiary/aromatic N) is 2. The maximum atomic E-state index is 11.4. The van der Waals surface area contributed by atoms with Crippen molar-refractivity contribution in [3.05, 3.63) is 16.4 Å². The second kappa shape index (κ2) is 7.00. The molecule has 18 heavy (non-hydrogen) atoms. The van der Waals surface area contributed by atoms with E-state index in [2.05, 4.69) is 31.7 Å². The van der Waals surface area contributed by atoms with E-state index in [1.165, 1.54) is 0 Å². The zero-order valence-corrected chi connectivity index (χ0v) is 11.5. The average molecular weight is 319 g/mol. The zero-order chi connectivity index (χ0) is 13.5. The Bertz CT molecular complexity index is 433. The van der Waals surface area contributed by atoms with Gasteiger partial charge in [0.2, 0.25) is 0 Å². The number of hydrogen-bond acceptors (Lipinski definition) is 3. The van der Waals surface area contributed by atoms with Gasteiger partial charge in [-0.25, -0.2) is 4.79 Å². The highest BCUT2D eigenvalue weighted by Crippen LogP contribution is 2.13. The van der Waals surface area contributed by atoms with Crippen molar-refractivity contribution >= 4 is 27.9 Å². The minimum absolute atomic E-state index is 0.0477. The number of halogens is 1. The largest absolute Gasteiger partial charge is 0.481 e. The van der Waals surface area contributed by atoms with Crippen LogP contribution in [0.15, 0.2) is 10.7 Å². The number of carboxylic acids is 1. The third-order valence-electron chi connectivity index (χ3n) is 2.12. The second-order valence-electron chi connectivity index (χ2n) is 3.70. The van der Waals surface area contributed by atoms with Crippen molar-refractivity contribution in [1.82, 2.24) is 20.4 Å². The summed E-state index contributed by atoms with van der Waals surface area (Å²) >= 11 is 3.33. The molecule has 100 valence electrons. The van der Waals surface area contributed by atoms with E-state index < -0.39 is 5.97 Å². The lowest BCUT2D eigenvalue weighted by Crippen LogP contribution is -2.35. The molecular weight excluding hydrogens is 304 g/mol. The van der Waals surface area contributed by atoms with Crippen LogP contribution < -0.4 is 10.6 Å². The second-order valence-corrected chi connectivity index (χ2v) is 4.56. The number of hydrogen-bond donors (Lipinski definition) is 3. The number of rotatable bonds is 6. The summed E-state index contributed by atoms with van der Waals surface area (Å²) in [6.07, 6.45) is 2.25. The van der Waals surface area contributed by atoms with Crippen LogP contribution in [0.4, 0.5) is 4.79 Å². The van der Waals surface area contributed by atoms with Gasteiger partial charge in [0.1, 0.15) is 0 Å². The van der Waals surface area contributed by atoms with Crippen LogP contribution in [0, 0.1) is 0 Å². The van der Waals surface area contributed by atoms with Crippen molar-refractivity contribution in [3.63, 3.8) is 0 Å². The molecule has 1 rings (SSSR count). The van der Waals surface area contributed by atoms with E-state index in [4.69, 9.17) is 5.11 Å². The molecule has 0 fully saturated rings. The maximum absolute atomic E-state index is 11.4. The van der Waals surface area contributed by atoms with Gasteiger partial charge >= 0.3 is 12.0 Å². The first-order valence-electron chi connectivity index (χ1n) is 5.40. The zero-order valence-electron chi connectivity index (χ0n) is 9.94. The molecule has 2 amide bonds. The Balaban J connectivity index is 2.21. The summed E-state index contributed by atoms with van der Waals surface area (Å²) in [4.78, 5) is 21.6. The van der Waals surface area contributed by atoms with Crippen LogP contribution in [0.2, 0.25) is 0 Å². The lowest BCUT2D eigenvalue weighted by molar-refractivity contribution is -0.137. The van der Waals surface area contributed by atoms with Crippen molar-refractivity contribution < 1.29 is 14.7 Å². The van der Waals surface area contributed by atoms with E-state index in [1.807, 2.05) is 0 Å². The molecule has 0 saturated heterocycles. The number of nitrogens with one attached hydrogen (secondary N) is 2. The topological polar surface area (TPSA) is 96.2 Å². The fourth-order valence-corrected chi connectivity index (χ4v) is 1.81. The fraction of sp³-hybridized carbons (Fsp3) is 0.500. The van der Waals surface area contributed by atoms with Gasteiger partial charge in [-0.1, -0.05) is 0 Å².